The molecule has 1 aromatic rings. The summed E-state index contributed by atoms with van der Waals surface area (Å²) in [4.78, 5) is 0. The lowest BCUT2D eigenvalue weighted by atomic mass is 10.1. The summed E-state index contributed by atoms with van der Waals surface area (Å²) in [5.74, 6) is -0.962. The number of sulfonamides is 1. The minimum absolute atomic E-state index is 0.0754. The number of benzene rings is 1. The van der Waals surface area contributed by atoms with E-state index in [0.717, 1.165) is 25.2 Å². The summed E-state index contributed by atoms with van der Waals surface area (Å²) < 4.78 is 72.6. The summed E-state index contributed by atoms with van der Waals surface area (Å²) in [6, 6.07) is 4.21. The SMILES string of the molecule is CN(SC(F)(Cl)Cl)S(=O)(=O)Cc1ccccc1C(F)(F)F. The minimum atomic E-state index is -4.69. The van der Waals surface area contributed by atoms with Crippen LogP contribution < -0.4 is 0 Å². The molecule has 0 aliphatic carbocycles. The smallest absolute Gasteiger partial charge is 0.211 e. The fraction of sp³-hybridized carbons (Fsp3) is 0.400. The lowest BCUT2D eigenvalue weighted by molar-refractivity contribution is -0.138. The van der Waals surface area contributed by atoms with E-state index in [1.165, 1.54) is 6.07 Å². The molecule has 120 valence electrons. The maximum Gasteiger partial charge on any atom is 0.416 e. The highest BCUT2D eigenvalue weighted by atomic mass is 35.5. The van der Waals surface area contributed by atoms with Crippen molar-refractivity contribution < 1.29 is 26.0 Å². The van der Waals surface area contributed by atoms with Crippen LogP contribution in [0.3, 0.4) is 0 Å². The predicted molar refractivity (Wildman–Crippen MR) is 75.0 cm³/mol. The molecule has 0 fully saturated rings. The van der Waals surface area contributed by atoms with Gasteiger partial charge in [0, 0.05) is 19.0 Å². The highest BCUT2D eigenvalue weighted by molar-refractivity contribution is 8.10. The monoisotopic (exact) mass is 385 g/mol. The zero-order chi connectivity index (χ0) is 16.5. The highest BCUT2D eigenvalue weighted by Gasteiger charge is 2.36. The molecule has 21 heavy (non-hydrogen) atoms. The molecule has 0 atom stereocenters. The van der Waals surface area contributed by atoms with E-state index in [4.69, 9.17) is 23.2 Å². The number of nitrogens with zero attached hydrogens (tertiary/aromatic N) is 1. The molecule has 0 saturated carbocycles. The van der Waals surface area contributed by atoms with Gasteiger partial charge in [-0.15, -0.1) is 3.71 Å². The molecule has 0 spiro atoms. The van der Waals surface area contributed by atoms with E-state index in [1.807, 2.05) is 0 Å². The third-order valence-electron chi connectivity index (χ3n) is 2.28. The van der Waals surface area contributed by atoms with Crippen LogP contribution in [-0.2, 0) is 22.0 Å². The molecule has 0 unspecified atom stereocenters. The van der Waals surface area contributed by atoms with Gasteiger partial charge in [-0.1, -0.05) is 41.4 Å². The summed E-state index contributed by atoms with van der Waals surface area (Å²) in [6.45, 7) is 0. The van der Waals surface area contributed by atoms with Crippen LogP contribution in [0, 0.1) is 0 Å². The molecule has 0 aliphatic heterocycles. The Balaban J connectivity index is 3.06. The van der Waals surface area contributed by atoms with Crippen molar-refractivity contribution in [1.82, 2.24) is 3.71 Å². The highest BCUT2D eigenvalue weighted by Crippen LogP contribution is 2.40. The van der Waals surface area contributed by atoms with Crippen molar-refractivity contribution in [3.05, 3.63) is 35.4 Å². The fourth-order valence-electron chi connectivity index (χ4n) is 1.41. The van der Waals surface area contributed by atoms with Crippen molar-refractivity contribution in [3.8, 4) is 0 Å². The Kier molecular flexibility index (Phi) is 5.82. The molecule has 0 saturated heterocycles. The van der Waals surface area contributed by atoms with Gasteiger partial charge in [-0.25, -0.2) is 8.42 Å². The molecule has 1 rings (SSSR count). The number of hydrogen-bond donors (Lipinski definition) is 0. The van der Waals surface area contributed by atoms with E-state index in [0.29, 0.717) is 3.71 Å². The average molecular weight is 386 g/mol. The number of halogens is 6. The summed E-state index contributed by atoms with van der Waals surface area (Å²) in [5, 5.41) is 0. The number of rotatable bonds is 5. The summed E-state index contributed by atoms with van der Waals surface area (Å²) >= 11 is 9.96. The second kappa shape index (κ2) is 6.49. The van der Waals surface area contributed by atoms with Crippen LogP contribution in [0.25, 0.3) is 0 Å². The van der Waals surface area contributed by atoms with Gasteiger partial charge in [-0.05, 0) is 11.6 Å². The molecule has 0 amide bonds. The molecule has 0 aliphatic rings. The van der Waals surface area contributed by atoms with Gasteiger partial charge in [-0.3, -0.25) is 0 Å². The quantitative estimate of drug-likeness (QED) is 0.433. The van der Waals surface area contributed by atoms with Crippen molar-refractivity contribution in [2.24, 2.45) is 0 Å². The molecule has 1 aromatic carbocycles. The van der Waals surface area contributed by atoms with Crippen LogP contribution in [0.4, 0.5) is 17.6 Å². The molecular weight excluding hydrogens is 377 g/mol. The Morgan fingerprint density at radius 1 is 1.19 bits per heavy atom. The van der Waals surface area contributed by atoms with Crippen molar-refractivity contribution in [1.29, 1.82) is 0 Å². The topological polar surface area (TPSA) is 37.4 Å². The Hall–Kier alpha value is -0.220. The fourth-order valence-corrected chi connectivity index (χ4v) is 4.32. The second-order valence-electron chi connectivity index (χ2n) is 3.86. The van der Waals surface area contributed by atoms with Gasteiger partial charge < -0.3 is 0 Å². The van der Waals surface area contributed by atoms with Crippen LogP contribution in [0.1, 0.15) is 11.1 Å². The van der Waals surface area contributed by atoms with Crippen LogP contribution in [0.5, 0.6) is 0 Å². The maximum atomic E-state index is 13.0. The Morgan fingerprint density at radius 3 is 2.19 bits per heavy atom. The zero-order valence-electron chi connectivity index (χ0n) is 10.4. The molecule has 0 heterocycles. The molecule has 11 heteroatoms. The number of hydrogen-bond acceptors (Lipinski definition) is 3. The summed E-state index contributed by atoms with van der Waals surface area (Å²) in [6.07, 6.45) is -4.69. The molecule has 3 nitrogen and oxygen atoms in total. The van der Waals surface area contributed by atoms with Crippen molar-refractivity contribution >= 4 is 45.2 Å². The first-order valence-electron chi connectivity index (χ1n) is 5.20. The van der Waals surface area contributed by atoms with Crippen molar-refractivity contribution in [3.63, 3.8) is 0 Å². The third kappa shape index (κ3) is 5.82. The predicted octanol–water partition coefficient (Wildman–Crippen LogP) is 4.17. The van der Waals surface area contributed by atoms with Crippen molar-refractivity contribution in [2.45, 2.75) is 15.8 Å². The minimum Gasteiger partial charge on any atom is -0.211 e. The van der Waals surface area contributed by atoms with Gasteiger partial charge in [-0.2, -0.15) is 17.6 Å². The molecule has 0 radical (unpaired) electrons. The lowest BCUT2D eigenvalue weighted by Gasteiger charge is -2.20. The summed E-state index contributed by atoms with van der Waals surface area (Å²) in [7, 11) is -3.30. The van der Waals surface area contributed by atoms with E-state index in [9.17, 15) is 26.0 Å². The van der Waals surface area contributed by atoms with E-state index in [2.05, 4.69) is 0 Å². The van der Waals surface area contributed by atoms with E-state index >= 15 is 0 Å². The second-order valence-corrected chi connectivity index (χ2v) is 9.07. The number of alkyl halides is 6. The largest absolute Gasteiger partial charge is 0.416 e. The van der Waals surface area contributed by atoms with Crippen LogP contribution in [0.15, 0.2) is 24.3 Å². The van der Waals surface area contributed by atoms with Gasteiger partial charge in [0.2, 0.25) is 10.0 Å². The van der Waals surface area contributed by atoms with E-state index in [-0.39, 0.29) is 11.9 Å². The van der Waals surface area contributed by atoms with Gasteiger partial charge in [0.1, 0.15) is 0 Å². The van der Waals surface area contributed by atoms with E-state index in [1.54, 1.807) is 0 Å². The van der Waals surface area contributed by atoms with E-state index < -0.39 is 37.0 Å². The standard InChI is InChI=1S/C10H9Cl2F4NO2S2/c1-17(20-10(11,12)16)21(18,19)6-7-4-2-3-5-8(7)9(13,14)15/h2-5H,6H2,1H3. The van der Waals surface area contributed by atoms with Gasteiger partial charge >= 0.3 is 10.1 Å². The Labute approximate surface area is 133 Å². The first kappa shape index (κ1) is 18.8. The molecule has 0 bridgehead atoms. The Morgan fingerprint density at radius 2 is 1.71 bits per heavy atom. The zero-order valence-corrected chi connectivity index (χ0v) is 13.5. The molecule has 0 aromatic heterocycles. The van der Waals surface area contributed by atoms with Crippen LogP contribution in [0.2, 0.25) is 0 Å². The first-order chi connectivity index (χ1) is 9.33. The van der Waals surface area contributed by atoms with Gasteiger partial charge in [0.05, 0.1) is 11.3 Å². The van der Waals surface area contributed by atoms with Crippen LogP contribution >= 0.6 is 35.1 Å². The Bertz CT molecular complexity index is 602. The lowest BCUT2D eigenvalue weighted by Crippen LogP contribution is -2.26. The molecular formula is C10H9Cl2F4NO2S2. The third-order valence-corrected chi connectivity index (χ3v) is 5.53. The van der Waals surface area contributed by atoms with Gasteiger partial charge in [0.15, 0.2) is 0 Å². The van der Waals surface area contributed by atoms with Crippen molar-refractivity contribution in [2.75, 3.05) is 7.05 Å². The first-order valence-corrected chi connectivity index (χ1v) is 8.34. The maximum absolute atomic E-state index is 13.0. The average Bonchev–Trinajstić information content (AvgIpc) is 2.25. The van der Waals surface area contributed by atoms with Crippen LogP contribution in [-0.4, -0.2) is 23.1 Å². The normalized spacial score (nSPS) is 13.7. The molecule has 0 N–H and O–H groups in total. The summed E-state index contributed by atoms with van der Waals surface area (Å²) in [5.41, 5.74) is -1.53. The van der Waals surface area contributed by atoms with Gasteiger partial charge in [0.25, 0.3) is 0 Å².